The summed E-state index contributed by atoms with van der Waals surface area (Å²) >= 11 is 6.09. The number of amides is 2. The van der Waals surface area contributed by atoms with Crippen molar-refractivity contribution in [2.75, 3.05) is 23.8 Å². The van der Waals surface area contributed by atoms with E-state index in [0.717, 1.165) is 0 Å². The summed E-state index contributed by atoms with van der Waals surface area (Å²) in [5, 5.41) is 5.33. The standard InChI is InChI=1S/C19H22ClN3O5S/c1-3-9-21-29(26,27)16-7-8-18(17(20)11-16)28-12-19(25)23-15-6-4-5-14(10-15)22-13(2)24/h4-8,10-11,21H,3,9,12H2,1-2H3,(H,22,24)(H,23,25). The van der Waals surface area contributed by atoms with Crippen molar-refractivity contribution >= 4 is 44.8 Å². The summed E-state index contributed by atoms with van der Waals surface area (Å²) in [6.07, 6.45) is 0.664. The van der Waals surface area contributed by atoms with Crippen LogP contribution in [0.4, 0.5) is 11.4 Å². The maximum atomic E-state index is 12.1. The summed E-state index contributed by atoms with van der Waals surface area (Å²) in [5.41, 5.74) is 1.03. The fourth-order valence-corrected chi connectivity index (χ4v) is 3.76. The molecule has 0 bridgehead atoms. The van der Waals surface area contributed by atoms with Crippen LogP contribution in [0.3, 0.4) is 0 Å². The van der Waals surface area contributed by atoms with Gasteiger partial charge in [-0.15, -0.1) is 0 Å². The highest BCUT2D eigenvalue weighted by Gasteiger charge is 2.16. The second-order valence-corrected chi connectivity index (χ2v) is 8.26. The van der Waals surface area contributed by atoms with E-state index in [0.29, 0.717) is 24.3 Å². The maximum absolute atomic E-state index is 12.1. The molecule has 0 aliphatic heterocycles. The molecule has 0 aliphatic carbocycles. The quantitative estimate of drug-likeness (QED) is 0.555. The molecule has 2 aromatic carbocycles. The van der Waals surface area contributed by atoms with Crippen LogP contribution in [0.25, 0.3) is 0 Å². The van der Waals surface area contributed by atoms with Crippen LogP contribution in [-0.4, -0.2) is 33.4 Å². The Labute approximate surface area is 174 Å². The minimum absolute atomic E-state index is 0.0162. The molecule has 156 valence electrons. The second-order valence-electron chi connectivity index (χ2n) is 6.09. The Morgan fingerprint density at radius 2 is 1.76 bits per heavy atom. The fourth-order valence-electron chi connectivity index (χ4n) is 2.30. The highest BCUT2D eigenvalue weighted by atomic mass is 35.5. The van der Waals surface area contributed by atoms with Crippen molar-refractivity contribution in [3.8, 4) is 5.75 Å². The van der Waals surface area contributed by atoms with Gasteiger partial charge in [0, 0.05) is 24.8 Å². The van der Waals surface area contributed by atoms with Gasteiger partial charge in [-0.1, -0.05) is 24.6 Å². The smallest absolute Gasteiger partial charge is 0.262 e. The molecule has 0 heterocycles. The second kappa shape index (κ2) is 10.2. The number of carbonyl (C=O) groups is 2. The molecule has 0 spiro atoms. The molecule has 2 rings (SSSR count). The van der Waals surface area contributed by atoms with Crippen molar-refractivity contribution in [2.24, 2.45) is 0 Å². The zero-order valence-corrected chi connectivity index (χ0v) is 17.6. The lowest BCUT2D eigenvalue weighted by Gasteiger charge is -2.11. The van der Waals surface area contributed by atoms with Crippen LogP contribution in [0.5, 0.6) is 5.75 Å². The number of hydrogen-bond donors (Lipinski definition) is 3. The molecule has 0 aromatic heterocycles. The van der Waals surface area contributed by atoms with E-state index in [1.54, 1.807) is 24.3 Å². The third-order valence-corrected chi connectivity index (χ3v) is 5.34. The van der Waals surface area contributed by atoms with Crippen molar-refractivity contribution in [3.63, 3.8) is 0 Å². The van der Waals surface area contributed by atoms with Gasteiger partial charge in [-0.25, -0.2) is 13.1 Å². The lowest BCUT2D eigenvalue weighted by Crippen LogP contribution is -2.24. The molecular weight excluding hydrogens is 418 g/mol. The maximum Gasteiger partial charge on any atom is 0.262 e. The predicted octanol–water partition coefficient (Wildman–Crippen LogP) is 3.00. The highest BCUT2D eigenvalue weighted by molar-refractivity contribution is 7.89. The monoisotopic (exact) mass is 439 g/mol. The van der Waals surface area contributed by atoms with Crippen molar-refractivity contribution < 1.29 is 22.7 Å². The number of ether oxygens (including phenoxy) is 1. The van der Waals surface area contributed by atoms with E-state index in [9.17, 15) is 18.0 Å². The van der Waals surface area contributed by atoms with Crippen molar-refractivity contribution in [1.82, 2.24) is 4.72 Å². The van der Waals surface area contributed by atoms with Crippen LogP contribution in [0.1, 0.15) is 20.3 Å². The van der Waals surface area contributed by atoms with Gasteiger partial charge in [0.25, 0.3) is 5.91 Å². The summed E-state index contributed by atoms with van der Waals surface area (Å²) in [6, 6.07) is 10.7. The first kappa shape index (κ1) is 22.7. The molecule has 8 nitrogen and oxygen atoms in total. The Balaban J connectivity index is 1.97. The fraction of sp³-hybridized carbons (Fsp3) is 0.263. The van der Waals surface area contributed by atoms with Gasteiger partial charge >= 0.3 is 0 Å². The van der Waals surface area contributed by atoms with Crippen LogP contribution in [0.2, 0.25) is 5.02 Å². The SMILES string of the molecule is CCCNS(=O)(=O)c1ccc(OCC(=O)Nc2cccc(NC(C)=O)c2)c(Cl)c1. The van der Waals surface area contributed by atoms with Crippen molar-refractivity contribution in [3.05, 3.63) is 47.5 Å². The molecule has 10 heteroatoms. The third kappa shape index (κ3) is 7.04. The van der Waals surface area contributed by atoms with Crippen LogP contribution in [0.15, 0.2) is 47.4 Å². The van der Waals surface area contributed by atoms with Crippen LogP contribution in [0, 0.1) is 0 Å². The molecule has 2 amide bonds. The average Bonchev–Trinajstić information content (AvgIpc) is 2.65. The molecule has 0 unspecified atom stereocenters. The average molecular weight is 440 g/mol. The van der Waals surface area contributed by atoms with Gasteiger partial charge < -0.3 is 15.4 Å². The molecule has 29 heavy (non-hydrogen) atoms. The molecule has 2 aromatic rings. The first-order chi connectivity index (χ1) is 13.7. The molecular formula is C19H22ClN3O5S. The van der Waals surface area contributed by atoms with E-state index in [-0.39, 0.29) is 28.2 Å². The summed E-state index contributed by atoms with van der Waals surface area (Å²) < 4.78 is 32.1. The van der Waals surface area contributed by atoms with E-state index >= 15 is 0 Å². The van der Waals surface area contributed by atoms with E-state index in [2.05, 4.69) is 15.4 Å². The lowest BCUT2D eigenvalue weighted by molar-refractivity contribution is -0.118. The van der Waals surface area contributed by atoms with E-state index in [4.69, 9.17) is 16.3 Å². The van der Waals surface area contributed by atoms with Crippen LogP contribution < -0.4 is 20.1 Å². The first-order valence-electron chi connectivity index (χ1n) is 8.81. The summed E-state index contributed by atoms with van der Waals surface area (Å²) in [4.78, 5) is 23.2. The minimum Gasteiger partial charge on any atom is -0.482 e. The van der Waals surface area contributed by atoms with Crippen molar-refractivity contribution in [1.29, 1.82) is 0 Å². The third-order valence-electron chi connectivity index (χ3n) is 3.58. The van der Waals surface area contributed by atoms with Crippen molar-refractivity contribution in [2.45, 2.75) is 25.2 Å². The lowest BCUT2D eigenvalue weighted by atomic mass is 10.2. The Morgan fingerprint density at radius 1 is 1.07 bits per heavy atom. The molecule has 0 aliphatic rings. The Bertz CT molecular complexity index is 995. The Morgan fingerprint density at radius 3 is 2.38 bits per heavy atom. The zero-order valence-electron chi connectivity index (χ0n) is 16.0. The van der Waals surface area contributed by atoms with E-state index in [1.165, 1.54) is 25.1 Å². The first-order valence-corrected chi connectivity index (χ1v) is 10.7. The molecule has 0 fully saturated rings. The number of carbonyl (C=O) groups excluding carboxylic acids is 2. The van der Waals surface area contributed by atoms with E-state index < -0.39 is 15.9 Å². The Kier molecular flexibility index (Phi) is 8.00. The number of benzene rings is 2. The topological polar surface area (TPSA) is 114 Å². The number of sulfonamides is 1. The van der Waals surface area contributed by atoms with Gasteiger partial charge in [-0.3, -0.25) is 9.59 Å². The van der Waals surface area contributed by atoms with Gasteiger partial charge in [-0.2, -0.15) is 0 Å². The van der Waals surface area contributed by atoms with Crippen LogP contribution >= 0.6 is 11.6 Å². The number of halogens is 1. The van der Waals surface area contributed by atoms with Gasteiger partial charge in [-0.05, 0) is 42.8 Å². The van der Waals surface area contributed by atoms with Gasteiger partial charge in [0.2, 0.25) is 15.9 Å². The van der Waals surface area contributed by atoms with E-state index in [1.807, 2.05) is 6.92 Å². The summed E-state index contributed by atoms with van der Waals surface area (Å²) in [7, 11) is -3.65. The normalized spacial score (nSPS) is 11.0. The molecule has 0 saturated carbocycles. The summed E-state index contributed by atoms with van der Waals surface area (Å²) in [6.45, 7) is 3.23. The van der Waals surface area contributed by atoms with Crippen LogP contribution in [-0.2, 0) is 19.6 Å². The predicted molar refractivity (Wildman–Crippen MR) is 112 cm³/mol. The Hall–Kier alpha value is -2.62. The summed E-state index contributed by atoms with van der Waals surface area (Å²) in [5.74, 6) is -0.479. The largest absolute Gasteiger partial charge is 0.482 e. The molecule has 0 atom stereocenters. The van der Waals surface area contributed by atoms with Gasteiger partial charge in [0.05, 0.1) is 9.92 Å². The molecule has 0 radical (unpaired) electrons. The number of anilines is 2. The van der Waals surface area contributed by atoms with Gasteiger partial charge in [0.15, 0.2) is 6.61 Å². The molecule has 0 saturated heterocycles. The molecule has 3 N–H and O–H groups in total. The highest BCUT2D eigenvalue weighted by Crippen LogP contribution is 2.27. The zero-order chi connectivity index (χ0) is 21.4. The minimum atomic E-state index is -3.65. The number of rotatable bonds is 9. The number of hydrogen-bond acceptors (Lipinski definition) is 5. The van der Waals surface area contributed by atoms with Gasteiger partial charge in [0.1, 0.15) is 5.75 Å². The number of nitrogens with one attached hydrogen (secondary N) is 3.